The molecule has 0 aliphatic carbocycles. The Morgan fingerprint density at radius 2 is 2.12 bits per heavy atom. The maximum Gasteiger partial charge on any atom is 0.393 e. The molecule has 6 heteroatoms. The summed E-state index contributed by atoms with van der Waals surface area (Å²) in [6.07, 6.45) is -1.83. The van der Waals surface area contributed by atoms with Crippen LogP contribution in [0.15, 0.2) is 18.3 Å². The summed E-state index contributed by atoms with van der Waals surface area (Å²) in [7, 11) is 0. The lowest BCUT2D eigenvalue weighted by Crippen LogP contribution is -2.41. The fraction of sp³-hybridized carbons (Fsp3) is 0.545. The molecular weight excluding hydrogens is 231 g/mol. The molecule has 17 heavy (non-hydrogen) atoms. The van der Waals surface area contributed by atoms with Crippen LogP contribution in [-0.4, -0.2) is 24.2 Å². The number of nitrogens with two attached hydrogens (primary N) is 1. The number of nitrogen functional groups attached to an aromatic ring is 1. The summed E-state index contributed by atoms with van der Waals surface area (Å²) in [4.78, 5) is 5.61. The van der Waals surface area contributed by atoms with Crippen LogP contribution in [0.25, 0.3) is 0 Å². The lowest BCUT2D eigenvalue weighted by atomic mass is 9.97. The van der Waals surface area contributed by atoms with Gasteiger partial charge in [0.2, 0.25) is 0 Å². The fourth-order valence-corrected chi connectivity index (χ4v) is 2.06. The van der Waals surface area contributed by atoms with Crippen LogP contribution in [-0.2, 0) is 0 Å². The van der Waals surface area contributed by atoms with E-state index < -0.39 is 12.1 Å². The van der Waals surface area contributed by atoms with E-state index in [2.05, 4.69) is 4.98 Å². The van der Waals surface area contributed by atoms with Crippen LogP contribution in [0, 0.1) is 5.92 Å². The summed E-state index contributed by atoms with van der Waals surface area (Å²) >= 11 is 0. The Kier molecular flexibility index (Phi) is 3.13. The molecule has 2 N–H and O–H groups in total. The average Bonchev–Trinajstić information content (AvgIpc) is 2.29. The quantitative estimate of drug-likeness (QED) is 0.826. The number of rotatable bonds is 1. The van der Waals surface area contributed by atoms with Gasteiger partial charge in [-0.3, -0.25) is 0 Å². The molecule has 1 aliphatic heterocycles. The van der Waals surface area contributed by atoms with Crippen molar-refractivity contribution in [2.45, 2.75) is 19.0 Å². The monoisotopic (exact) mass is 245 g/mol. The van der Waals surface area contributed by atoms with Crippen LogP contribution >= 0.6 is 0 Å². The van der Waals surface area contributed by atoms with Crippen LogP contribution in [0.3, 0.4) is 0 Å². The molecule has 1 unspecified atom stereocenters. The van der Waals surface area contributed by atoms with Gasteiger partial charge in [-0.1, -0.05) is 0 Å². The number of halogens is 3. The number of alkyl halides is 3. The van der Waals surface area contributed by atoms with E-state index in [4.69, 9.17) is 5.73 Å². The molecule has 0 amide bonds. The van der Waals surface area contributed by atoms with E-state index in [0.29, 0.717) is 24.5 Å². The number of pyridine rings is 1. The molecule has 1 aliphatic rings. The van der Waals surface area contributed by atoms with Gasteiger partial charge in [0.05, 0.1) is 17.8 Å². The van der Waals surface area contributed by atoms with Crippen LogP contribution < -0.4 is 10.6 Å². The molecule has 1 aromatic rings. The first-order chi connectivity index (χ1) is 7.97. The second kappa shape index (κ2) is 4.43. The van der Waals surface area contributed by atoms with Crippen LogP contribution in [0.1, 0.15) is 12.8 Å². The van der Waals surface area contributed by atoms with Crippen molar-refractivity contribution in [3.05, 3.63) is 18.3 Å². The number of nitrogens with zero attached hydrogens (tertiary/aromatic N) is 2. The normalized spacial score (nSPS) is 21.6. The van der Waals surface area contributed by atoms with Gasteiger partial charge in [0.1, 0.15) is 5.82 Å². The Morgan fingerprint density at radius 3 is 2.71 bits per heavy atom. The lowest BCUT2D eigenvalue weighted by Gasteiger charge is -2.35. The summed E-state index contributed by atoms with van der Waals surface area (Å²) in [6.45, 7) is 0.646. The minimum atomic E-state index is -4.11. The Morgan fingerprint density at radius 1 is 1.35 bits per heavy atom. The molecule has 0 aromatic carbocycles. The number of anilines is 2. The molecule has 0 spiro atoms. The maximum atomic E-state index is 12.6. The summed E-state index contributed by atoms with van der Waals surface area (Å²) in [6, 6.07) is 3.31. The maximum absolute atomic E-state index is 12.6. The Balaban J connectivity index is 2.09. The van der Waals surface area contributed by atoms with Crippen molar-refractivity contribution in [3.63, 3.8) is 0 Å². The Labute approximate surface area is 97.4 Å². The van der Waals surface area contributed by atoms with Gasteiger partial charge < -0.3 is 10.6 Å². The van der Waals surface area contributed by atoms with Crippen molar-refractivity contribution < 1.29 is 13.2 Å². The second-order valence-corrected chi connectivity index (χ2v) is 4.27. The molecule has 1 saturated heterocycles. The van der Waals surface area contributed by atoms with E-state index in [9.17, 15) is 13.2 Å². The Bertz CT molecular complexity index is 375. The van der Waals surface area contributed by atoms with Gasteiger partial charge >= 0.3 is 6.18 Å². The van der Waals surface area contributed by atoms with E-state index in [1.165, 1.54) is 6.20 Å². The lowest BCUT2D eigenvalue weighted by molar-refractivity contribution is -0.175. The second-order valence-electron chi connectivity index (χ2n) is 4.27. The van der Waals surface area contributed by atoms with Crippen molar-refractivity contribution in [1.82, 2.24) is 4.98 Å². The third kappa shape index (κ3) is 2.81. The third-order valence-electron chi connectivity index (χ3n) is 3.02. The van der Waals surface area contributed by atoms with Gasteiger partial charge in [0, 0.05) is 13.1 Å². The van der Waals surface area contributed by atoms with Crippen molar-refractivity contribution >= 4 is 11.5 Å². The molecule has 1 atom stereocenters. The smallest absolute Gasteiger partial charge is 0.384 e. The number of hydrogen-bond donors (Lipinski definition) is 1. The highest BCUT2D eigenvalue weighted by atomic mass is 19.4. The van der Waals surface area contributed by atoms with Gasteiger partial charge in [-0.05, 0) is 25.0 Å². The van der Waals surface area contributed by atoms with Gasteiger partial charge in [0.25, 0.3) is 0 Å². The van der Waals surface area contributed by atoms with Gasteiger partial charge in [0.15, 0.2) is 0 Å². The van der Waals surface area contributed by atoms with E-state index in [1.807, 2.05) is 0 Å². The summed E-state index contributed by atoms with van der Waals surface area (Å²) < 4.78 is 37.9. The zero-order chi connectivity index (χ0) is 12.5. The van der Waals surface area contributed by atoms with Crippen molar-refractivity contribution in [1.29, 1.82) is 0 Å². The first-order valence-corrected chi connectivity index (χ1v) is 5.50. The van der Waals surface area contributed by atoms with Gasteiger partial charge in [-0.2, -0.15) is 13.2 Å². The molecule has 94 valence electrons. The SMILES string of the molecule is Nc1ccc(N2CCCC(C(F)(F)F)C2)cn1. The molecule has 2 rings (SSSR count). The van der Waals surface area contributed by atoms with Gasteiger partial charge in [-0.15, -0.1) is 0 Å². The fourth-order valence-electron chi connectivity index (χ4n) is 2.06. The predicted molar refractivity (Wildman–Crippen MR) is 59.6 cm³/mol. The van der Waals surface area contributed by atoms with E-state index in [1.54, 1.807) is 17.0 Å². The van der Waals surface area contributed by atoms with Crippen LogP contribution in [0.2, 0.25) is 0 Å². The number of piperidine rings is 1. The molecule has 1 fully saturated rings. The summed E-state index contributed by atoms with van der Waals surface area (Å²) in [5.41, 5.74) is 6.15. The Hall–Kier alpha value is -1.46. The first-order valence-electron chi connectivity index (χ1n) is 5.50. The minimum absolute atomic E-state index is 0.00903. The zero-order valence-electron chi connectivity index (χ0n) is 9.24. The summed E-state index contributed by atoms with van der Waals surface area (Å²) in [5.74, 6) is -0.869. The van der Waals surface area contributed by atoms with Crippen molar-refractivity contribution in [2.75, 3.05) is 23.7 Å². The molecule has 2 heterocycles. The third-order valence-corrected chi connectivity index (χ3v) is 3.02. The minimum Gasteiger partial charge on any atom is -0.384 e. The molecule has 3 nitrogen and oxygen atoms in total. The highest BCUT2D eigenvalue weighted by molar-refractivity contribution is 5.48. The van der Waals surface area contributed by atoms with Crippen LogP contribution in [0.4, 0.5) is 24.7 Å². The molecule has 1 aromatic heterocycles. The van der Waals surface area contributed by atoms with E-state index in [0.717, 1.165) is 0 Å². The van der Waals surface area contributed by atoms with Crippen molar-refractivity contribution in [2.24, 2.45) is 5.92 Å². The first kappa shape index (κ1) is 12.0. The van der Waals surface area contributed by atoms with E-state index in [-0.39, 0.29) is 13.0 Å². The molecule has 0 radical (unpaired) electrons. The van der Waals surface area contributed by atoms with E-state index >= 15 is 0 Å². The highest BCUT2D eigenvalue weighted by Crippen LogP contribution is 2.34. The molecular formula is C11H14F3N3. The highest BCUT2D eigenvalue weighted by Gasteiger charge is 2.41. The molecule has 0 bridgehead atoms. The zero-order valence-corrected chi connectivity index (χ0v) is 9.24. The predicted octanol–water partition coefficient (Wildman–Crippen LogP) is 2.44. The average molecular weight is 245 g/mol. The topological polar surface area (TPSA) is 42.1 Å². The number of aromatic nitrogens is 1. The standard InChI is InChI=1S/C11H14F3N3/c12-11(13,14)8-2-1-5-17(7-8)9-3-4-10(15)16-6-9/h3-4,6,8H,1-2,5,7H2,(H2,15,16). The van der Waals surface area contributed by atoms with Crippen LogP contribution in [0.5, 0.6) is 0 Å². The number of hydrogen-bond acceptors (Lipinski definition) is 3. The van der Waals surface area contributed by atoms with Gasteiger partial charge in [-0.25, -0.2) is 4.98 Å². The molecule has 0 saturated carbocycles. The largest absolute Gasteiger partial charge is 0.393 e. The summed E-state index contributed by atoms with van der Waals surface area (Å²) in [5, 5.41) is 0. The van der Waals surface area contributed by atoms with Crippen molar-refractivity contribution in [3.8, 4) is 0 Å².